The van der Waals surface area contributed by atoms with E-state index in [2.05, 4.69) is 50.5 Å². The molecular formula is C16H27NOS. The van der Waals surface area contributed by atoms with E-state index in [1.54, 1.807) is 18.3 Å². The lowest BCUT2D eigenvalue weighted by molar-refractivity contribution is -0.122. The highest BCUT2D eigenvalue weighted by molar-refractivity contribution is 7.10. The third-order valence-electron chi connectivity index (χ3n) is 3.63. The fourth-order valence-corrected chi connectivity index (χ4v) is 3.19. The van der Waals surface area contributed by atoms with Gasteiger partial charge in [0.2, 0.25) is 0 Å². The fraction of sp³-hybridized carbons (Fsp3) is 0.688. The molecule has 2 nitrogen and oxygen atoms in total. The van der Waals surface area contributed by atoms with E-state index in [0.29, 0.717) is 17.6 Å². The fourth-order valence-electron chi connectivity index (χ4n) is 2.41. The first-order chi connectivity index (χ1) is 8.91. The standard InChI is InChI=1S/C16H27NOS/c1-11(2)9-15(14(5)18)13(4)17-10-12(3)16-7-6-8-19-16/h6-8,11-13,15,17H,9-10H2,1-5H3. The molecule has 1 N–H and O–H groups in total. The van der Waals surface area contributed by atoms with Crippen LogP contribution in [0.2, 0.25) is 0 Å². The minimum Gasteiger partial charge on any atom is -0.313 e. The lowest BCUT2D eigenvalue weighted by Gasteiger charge is -2.25. The molecule has 108 valence electrons. The molecule has 0 radical (unpaired) electrons. The van der Waals surface area contributed by atoms with E-state index in [0.717, 1.165) is 13.0 Å². The molecule has 3 atom stereocenters. The molecular weight excluding hydrogens is 254 g/mol. The SMILES string of the molecule is CC(=O)C(CC(C)C)C(C)NCC(C)c1cccs1. The summed E-state index contributed by atoms with van der Waals surface area (Å²) in [7, 11) is 0. The minimum atomic E-state index is 0.135. The van der Waals surface area contributed by atoms with Crippen LogP contribution >= 0.6 is 11.3 Å². The molecule has 0 aromatic carbocycles. The van der Waals surface area contributed by atoms with Crippen molar-refractivity contribution < 1.29 is 4.79 Å². The Hall–Kier alpha value is -0.670. The van der Waals surface area contributed by atoms with Gasteiger partial charge in [0.1, 0.15) is 5.78 Å². The number of rotatable bonds is 8. The molecule has 1 aromatic rings. The Kier molecular flexibility index (Phi) is 6.73. The Morgan fingerprint density at radius 3 is 2.47 bits per heavy atom. The van der Waals surface area contributed by atoms with Crippen molar-refractivity contribution in [3.63, 3.8) is 0 Å². The normalized spacial score (nSPS) is 16.3. The van der Waals surface area contributed by atoms with E-state index in [9.17, 15) is 4.79 Å². The van der Waals surface area contributed by atoms with E-state index in [1.807, 2.05) is 0 Å². The zero-order valence-electron chi connectivity index (χ0n) is 12.8. The van der Waals surface area contributed by atoms with Crippen molar-refractivity contribution in [1.82, 2.24) is 5.32 Å². The molecule has 3 heteroatoms. The van der Waals surface area contributed by atoms with Crippen LogP contribution in [0, 0.1) is 11.8 Å². The quantitative estimate of drug-likeness (QED) is 0.778. The highest BCUT2D eigenvalue weighted by Crippen LogP contribution is 2.21. The third-order valence-corrected chi connectivity index (χ3v) is 4.73. The number of carbonyl (C=O) groups excluding carboxylic acids is 1. The highest BCUT2D eigenvalue weighted by Gasteiger charge is 2.23. The Labute approximate surface area is 121 Å². The van der Waals surface area contributed by atoms with Crippen LogP contribution in [-0.4, -0.2) is 18.4 Å². The van der Waals surface area contributed by atoms with Crippen molar-refractivity contribution in [1.29, 1.82) is 0 Å². The maximum Gasteiger partial charge on any atom is 0.134 e. The van der Waals surface area contributed by atoms with Crippen LogP contribution in [0.1, 0.15) is 51.8 Å². The van der Waals surface area contributed by atoms with E-state index < -0.39 is 0 Å². The largest absolute Gasteiger partial charge is 0.313 e. The molecule has 19 heavy (non-hydrogen) atoms. The summed E-state index contributed by atoms with van der Waals surface area (Å²) in [6.45, 7) is 11.4. The van der Waals surface area contributed by atoms with Crippen LogP contribution in [-0.2, 0) is 4.79 Å². The highest BCUT2D eigenvalue weighted by atomic mass is 32.1. The number of carbonyl (C=O) groups is 1. The van der Waals surface area contributed by atoms with Gasteiger partial charge in [-0.1, -0.05) is 26.8 Å². The molecule has 0 aliphatic rings. The number of nitrogens with one attached hydrogen (secondary N) is 1. The Bertz CT molecular complexity index is 372. The zero-order chi connectivity index (χ0) is 14.4. The molecule has 1 rings (SSSR count). The van der Waals surface area contributed by atoms with Crippen molar-refractivity contribution in [2.45, 2.75) is 53.0 Å². The average molecular weight is 281 g/mol. The van der Waals surface area contributed by atoms with Crippen molar-refractivity contribution >= 4 is 17.1 Å². The van der Waals surface area contributed by atoms with Gasteiger partial charge in [-0.15, -0.1) is 11.3 Å². The summed E-state index contributed by atoms with van der Waals surface area (Å²) in [4.78, 5) is 13.2. The van der Waals surface area contributed by atoms with Gasteiger partial charge in [0.15, 0.2) is 0 Å². The van der Waals surface area contributed by atoms with Gasteiger partial charge in [-0.3, -0.25) is 4.79 Å². The van der Waals surface area contributed by atoms with E-state index in [4.69, 9.17) is 0 Å². The van der Waals surface area contributed by atoms with Crippen molar-refractivity contribution in [2.75, 3.05) is 6.54 Å². The number of ketones is 1. The second-order valence-corrected chi connectivity index (χ2v) is 6.94. The maximum absolute atomic E-state index is 11.8. The van der Waals surface area contributed by atoms with Crippen LogP contribution in [0.3, 0.4) is 0 Å². The minimum absolute atomic E-state index is 0.135. The Morgan fingerprint density at radius 2 is 2.00 bits per heavy atom. The van der Waals surface area contributed by atoms with Crippen LogP contribution in [0.15, 0.2) is 17.5 Å². The number of Topliss-reactive ketones (excluding diaryl/α,β-unsaturated/α-hetero) is 1. The molecule has 0 bridgehead atoms. The summed E-state index contributed by atoms with van der Waals surface area (Å²) in [5, 5.41) is 5.66. The molecule has 1 heterocycles. The van der Waals surface area contributed by atoms with Gasteiger partial charge in [0, 0.05) is 29.3 Å². The van der Waals surface area contributed by atoms with Crippen LogP contribution in [0.25, 0.3) is 0 Å². The summed E-state index contributed by atoms with van der Waals surface area (Å²) in [6.07, 6.45) is 0.969. The lowest BCUT2D eigenvalue weighted by atomic mass is 9.88. The van der Waals surface area contributed by atoms with Gasteiger partial charge in [0.25, 0.3) is 0 Å². The maximum atomic E-state index is 11.8. The Balaban J connectivity index is 2.48. The monoisotopic (exact) mass is 281 g/mol. The first-order valence-electron chi connectivity index (χ1n) is 7.19. The number of hydrogen-bond donors (Lipinski definition) is 1. The van der Waals surface area contributed by atoms with Gasteiger partial charge in [-0.25, -0.2) is 0 Å². The first-order valence-corrected chi connectivity index (χ1v) is 8.07. The Morgan fingerprint density at radius 1 is 1.32 bits per heavy atom. The zero-order valence-corrected chi connectivity index (χ0v) is 13.6. The molecule has 0 aliphatic heterocycles. The topological polar surface area (TPSA) is 29.1 Å². The summed E-state index contributed by atoms with van der Waals surface area (Å²) in [5.74, 6) is 1.51. The van der Waals surface area contributed by atoms with Crippen LogP contribution in [0.5, 0.6) is 0 Å². The average Bonchev–Trinajstić information content (AvgIpc) is 2.85. The summed E-state index contributed by atoms with van der Waals surface area (Å²) in [6, 6.07) is 4.53. The van der Waals surface area contributed by atoms with Gasteiger partial charge >= 0.3 is 0 Å². The van der Waals surface area contributed by atoms with Gasteiger partial charge in [0.05, 0.1) is 0 Å². The second-order valence-electron chi connectivity index (χ2n) is 5.96. The van der Waals surface area contributed by atoms with Crippen molar-refractivity contribution in [3.8, 4) is 0 Å². The first kappa shape index (κ1) is 16.4. The van der Waals surface area contributed by atoms with Gasteiger partial charge in [-0.2, -0.15) is 0 Å². The van der Waals surface area contributed by atoms with Crippen molar-refractivity contribution in [2.24, 2.45) is 11.8 Å². The summed E-state index contributed by atoms with van der Waals surface area (Å²) in [5.41, 5.74) is 0. The van der Waals surface area contributed by atoms with E-state index >= 15 is 0 Å². The predicted octanol–water partition coefficient (Wildman–Crippen LogP) is 4.08. The number of hydrogen-bond acceptors (Lipinski definition) is 3. The molecule has 1 aromatic heterocycles. The van der Waals surface area contributed by atoms with Crippen molar-refractivity contribution in [3.05, 3.63) is 22.4 Å². The molecule has 3 unspecified atom stereocenters. The molecule has 0 saturated heterocycles. The van der Waals surface area contributed by atoms with E-state index in [1.165, 1.54) is 4.88 Å². The summed E-state index contributed by atoms with van der Waals surface area (Å²) < 4.78 is 0. The number of thiophene rings is 1. The van der Waals surface area contributed by atoms with Crippen LogP contribution < -0.4 is 5.32 Å². The van der Waals surface area contributed by atoms with Gasteiger partial charge < -0.3 is 5.32 Å². The summed E-state index contributed by atoms with van der Waals surface area (Å²) >= 11 is 1.80. The smallest absolute Gasteiger partial charge is 0.134 e. The third kappa shape index (κ3) is 5.45. The molecule has 0 aliphatic carbocycles. The lowest BCUT2D eigenvalue weighted by Crippen LogP contribution is -2.39. The molecule has 0 amide bonds. The van der Waals surface area contributed by atoms with E-state index in [-0.39, 0.29) is 12.0 Å². The predicted molar refractivity (Wildman–Crippen MR) is 83.8 cm³/mol. The van der Waals surface area contributed by atoms with Gasteiger partial charge in [-0.05, 0) is 37.6 Å². The molecule has 0 spiro atoms. The molecule has 0 fully saturated rings. The van der Waals surface area contributed by atoms with Crippen LogP contribution in [0.4, 0.5) is 0 Å². The second kappa shape index (κ2) is 7.81. The molecule has 0 saturated carbocycles.